The van der Waals surface area contributed by atoms with Gasteiger partial charge < -0.3 is 0 Å². The van der Waals surface area contributed by atoms with E-state index in [2.05, 4.69) is 43.3 Å². The van der Waals surface area contributed by atoms with Gasteiger partial charge in [0.25, 0.3) is 0 Å². The van der Waals surface area contributed by atoms with Crippen LogP contribution in [0.15, 0.2) is 30.6 Å². The van der Waals surface area contributed by atoms with Crippen LogP contribution in [0.4, 0.5) is 0 Å². The molecule has 3 nitrogen and oxygen atoms in total. The van der Waals surface area contributed by atoms with Crippen molar-refractivity contribution in [3.05, 3.63) is 63.4 Å². The van der Waals surface area contributed by atoms with Gasteiger partial charge in [0, 0.05) is 12.4 Å². The van der Waals surface area contributed by atoms with Gasteiger partial charge in [-0.1, -0.05) is 29.3 Å². The van der Waals surface area contributed by atoms with Crippen molar-refractivity contribution >= 4 is 11.6 Å². The molecule has 1 heterocycles. The van der Waals surface area contributed by atoms with E-state index in [0.29, 0.717) is 5.02 Å². The van der Waals surface area contributed by atoms with Gasteiger partial charge in [0.1, 0.15) is 0 Å². The van der Waals surface area contributed by atoms with E-state index in [9.17, 15) is 0 Å². The molecule has 0 aliphatic rings. The van der Waals surface area contributed by atoms with Crippen molar-refractivity contribution in [3.63, 3.8) is 0 Å². The first-order valence-electron chi connectivity index (χ1n) is 6.65. The van der Waals surface area contributed by atoms with Gasteiger partial charge in [-0.2, -0.15) is 0 Å². The molecule has 2 rings (SSSR count). The Morgan fingerprint density at radius 3 is 2.45 bits per heavy atom. The first-order chi connectivity index (χ1) is 9.52. The SMILES string of the molecule is Cc1cc(C)c(C(Cc2ccncc2Cl)NN)c(C)c1. The zero-order chi connectivity index (χ0) is 14.7. The Balaban J connectivity index is 2.37. The highest BCUT2D eigenvalue weighted by Crippen LogP contribution is 2.27. The van der Waals surface area contributed by atoms with E-state index in [1.807, 2.05) is 6.07 Å². The van der Waals surface area contributed by atoms with Gasteiger partial charge >= 0.3 is 0 Å². The molecule has 3 N–H and O–H groups in total. The van der Waals surface area contributed by atoms with Crippen molar-refractivity contribution in [3.8, 4) is 0 Å². The number of benzene rings is 1. The van der Waals surface area contributed by atoms with Gasteiger partial charge in [0.05, 0.1) is 11.1 Å². The van der Waals surface area contributed by atoms with E-state index in [-0.39, 0.29) is 6.04 Å². The molecule has 0 amide bonds. The van der Waals surface area contributed by atoms with Crippen molar-refractivity contribution in [2.24, 2.45) is 5.84 Å². The molecule has 2 aromatic rings. The van der Waals surface area contributed by atoms with E-state index in [0.717, 1.165) is 12.0 Å². The maximum Gasteiger partial charge on any atom is 0.0622 e. The van der Waals surface area contributed by atoms with Gasteiger partial charge in [-0.05, 0) is 55.5 Å². The third-order valence-electron chi connectivity index (χ3n) is 3.57. The molecule has 106 valence electrons. The standard InChI is InChI=1S/C16H20ClN3/c1-10-6-11(2)16(12(3)7-10)15(20-18)8-13-4-5-19-9-14(13)17/h4-7,9,15,20H,8,18H2,1-3H3. The second kappa shape index (κ2) is 6.35. The van der Waals surface area contributed by atoms with Crippen LogP contribution in [0.25, 0.3) is 0 Å². The molecular weight excluding hydrogens is 270 g/mol. The Kier molecular flexibility index (Phi) is 4.76. The molecule has 1 aromatic carbocycles. The summed E-state index contributed by atoms with van der Waals surface area (Å²) in [6.07, 6.45) is 4.16. The lowest BCUT2D eigenvalue weighted by Crippen LogP contribution is -2.30. The number of hydrogen-bond donors (Lipinski definition) is 2. The second-order valence-electron chi connectivity index (χ2n) is 5.20. The molecule has 4 heteroatoms. The van der Waals surface area contributed by atoms with Crippen LogP contribution in [0, 0.1) is 20.8 Å². The molecular formula is C16H20ClN3. The van der Waals surface area contributed by atoms with Crippen LogP contribution in [-0.4, -0.2) is 4.98 Å². The predicted molar refractivity (Wildman–Crippen MR) is 83.7 cm³/mol. The largest absolute Gasteiger partial charge is 0.271 e. The number of nitrogens with zero attached hydrogens (tertiary/aromatic N) is 1. The summed E-state index contributed by atoms with van der Waals surface area (Å²) in [7, 11) is 0. The van der Waals surface area contributed by atoms with Crippen LogP contribution in [0.1, 0.15) is 33.9 Å². The Morgan fingerprint density at radius 2 is 1.90 bits per heavy atom. The number of pyridine rings is 1. The highest BCUT2D eigenvalue weighted by molar-refractivity contribution is 6.31. The zero-order valence-corrected chi connectivity index (χ0v) is 12.8. The van der Waals surface area contributed by atoms with Crippen molar-refractivity contribution in [2.45, 2.75) is 33.2 Å². The summed E-state index contributed by atoms with van der Waals surface area (Å²) >= 11 is 6.19. The molecule has 0 radical (unpaired) electrons. The van der Waals surface area contributed by atoms with Crippen LogP contribution in [0.2, 0.25) is 5.02 Å². The van der Waals surface area contributed by atoms with Gasteiger partial charge in [0.2, 0.25) is 0 Å². The van der Waals surface area contributed by atoms with E-state index in [4.69, 9.17) is 17.4 Å². The summed E-state index contributed by atoms with van der Waals surface area (Å²) in [6.45, 7) is 6.34. The summed E-state index contributed by atoms with van der Waals surface area (Å²) in [4.78, 5) is 4.01. The minimum Gasteiger partial charge on any atom is -0.271 e. The number of hydrazine groups is 1. The second-order valence-corrected chi connectivity index (χ2v) is 5.61. The number of hydrogen-bond acceptors (Lipinski definition) is 3. The van der Waals surface area contributed by atoms with Gasteiger partial charge in [-0.25, -0.2) is 0 Å². The van der Waals surface area contributed by atoms with Crippen LogP contribution < -0.4 is 11.3 Å². The monoisotopic (exact) mass is 289 g/mol. The minimum absolute atomic E-state index is 0.0375. The number of nitrogens with one attached hydrogen (secondary N) is 1. The fourth-order valence-electron chi connectivity index (χ4n) is 2.77. The highest BCUT2D eigenvalue weighted by atomic mass is 35.5. The molecule has 0 saturated carbocycles. The molecule has 0 saturated heterocycles. The maximum absolute atomic E-state index is 6.19. The summed E-state index contributed by atoms with van der Waals surface area (Å²) in [5, 5.41) is 0.676. The number of aromatic nitrogens is 1. The van der Waals surface area contributed by atoms with E-state index in [1.165, 1.54) is 22.3 Å². The normalized spacial score (nSPS) is 12.4. The van der Waals surface area contributed by atoms with Crippen molar-refractivity contribution in [1.29, 1.82) is 0 Å². The maximum atomic E-state index is 6.19. The van der Waals surface area contributed by atoms with Crippen molar-refractivity contribution in [2.75, 3.05) is 0 Å². The highest BCUT2D eigenvalue weighted by Gasteiger charge is 2.17. The average Bonchev–Trinajstić information content (AvgIpc) is 2.38. The van der Waals surface area contributed by atoms with Crippen LogP contribution in [-0.2, 0) is 6.42 Å². The molecule has 0 bridgehead atoms. The number of aryl methyl sites for hydroxylation is 3. The van der Waals surface area contributed by atoms with Crippen molar-refractivity contribution in [1.82, 2.24) is 10.4 Å². The quantitative estimate of drug-likeness (QED) is 0.670. The fourth-order valence-corrected chi connectivity index (χ4v) is 2.97. The summed E-state index contributed by atoms with van der Waals surface area (Å²) in [6, 6.07) is 6.34. The minimum atomic E-state index is 0.0375. The average molecular weight is 290 g/mol. The Labute approximate surface area is 125 Å². The first-order valence-corrected chi connectivity index (χ1v) is 7.03. The van der Waals surface area contributed by atoms with E-state index in [1.54, 1.807) is 12.4 Å². The Hall–Kier alpha value is -1.42. The lowest BCUT2D eigenvalue weighted by molar-refractivity contribution is 0.546. The summed E-state index contributed by atoms with van der Waals surface area (Å²) in [5.41, 5.74) is 8.96. The van der Waals surface area contributed by atoms with Crippen LogP contribution in [0.5, 0.6) is 0 Å². The van der Waals surface area contributed by atoms with Crippen LogP contribution >= 0.6 is 11.6 Å². The van der Waals surface area contributed by atoms with E-state index < -0.39 is 0 Å². The molecule has 0 fully saturated rings. The molecule has 1 atom stereocenters. The molecule has 20 heavy (non-hydrogen) atoms. The lowest BCUT2D eigenvalue weighted by atomic mass is 9.91. The van der Waals surface area contributed by atoms with Gasteiger partial charge in [-0.3, -0.25) is 16.3 Å². The van der Waals surface area contributed by atoms with Crippen molar-refractivity contribution < 1.29 is 0 Å². The number of rotatable bonds is 4. The third-order valence-corrected chi connectivity index (χ3v) is 3.91. The Bertz CT molecular complexity index is 587. The molecule has 0 aliphatic carbocycles. The predicted octanol–water partition coefficient (Wildman–Crippen LogP) is 3.41. The fraction of sp³-hybridized carbons (Fsp3) is 0.312. The lowest BCUT2D eigenvalue weighted by Gasteiger charge is -2.22. The summed E-state index contributed by atoms with van der Waals surface area (Å²) < 4.78 is 0. The number of halogens is 1. The third kappa shape index (κ3) is 3.18. The van der Waals surface area contributed by atoms with Gasteiger partial charge in [0.15, 0.2) is 0 Å². The Morgan fingerprint density at radius 1 is 1.25 bits per heavy atom. The zero-order valence-electron chi connectivity index (χ0n) is 12.1. The summed E-state index contributed by atoms with van der Waals surface area (Å²) in [5.74, 6) is 5.77. The topological polar surface area (TPSA) is 50.9 Å². The molecule has 0 spiro atoms. The van der Waals surface area contributed by atoms with Crippen LogP contribution in [0.3, 0.4) is 0 Å². The molecule has 1 aromatic heterocycles. The smallest absolute Gasteiger partial charge is 0.0622 e. The molecule has 0 aliphatic heterocycles. The number of nitrogens with two attached hydrogens (primary N) is 1. The first kappa shape index (κ1) is 15.0. The van der Waals surface area contributed by atoms with E-state index >= 15 is 0 Å². The van der Waals surface area contributed by atoms with Gasteiger partial charge in [-0.15, -0.1) is 0 Å². The molecule has 1 unspecified atom stereocenters.